The molecule has 1 aliphatic rings. The second kappa shape index (κ2) is 11.0. The van der Waals surface area contributed by atoms with Gasteiger partial charge in [0.25, 0.3) is 5.56 Å². The first-order chi connectivity index (χ1) is 16.1. The van der Waals surface area contributed by atoms with Gasteiger partial charge in [-0.2, -0.15) is 0 Å². The Labute approximate surface area is 193 Å². The summed E-state index contributed by atoms with van der Waals surface area (Å²) in [4.78, 5) is 14.5. The molecule has 0 bridgehead atoms. The highest BCUT2D eigenvalue weighted by atomic mass is 16.5. The van der Waals surface area contributed by atoms with E-state index in [1.54, 1.807) is 12.3 Å². The van der Waals surface area contributed by atoms with Crippen LogP contribution < -0.4 is 5.56 Å². The van der Waals surface area contributed by atoms with Crippen LogP contribution in [0.25, 0.3) is 0 Å². The molecule has 1 aromatic heterocycles. The van der Waals surface area contributed by atoms with E-state index in [4.69, 9.17) is 4.74 Å². The Balaban J connectivity index is 1.38. The van der Waals surface area contributed by atoms with Crippen molar-refractivity contribution in [1.82, 2.24) is 9.47 Å². The van der Waals surface area contributed by atoms with Crippen LogP contribution in [0.2, 0.25) is 0 Å². The molecule has 1 saturated heterocycles. The lowest BCUT2D eigenvalue weighted by atomic mass is 10.0. The number of benzene rings is 2. The van der Waals surface area contributed by atoms with E-state index < -0.39 is 11.6 Å². The molecule has 170 valence electrons. The summed E-state index contributed by atoms with van der Waals surface area (Å²) in [6.07, 6.45) is 2.05. The van der Waals surface area contributed by atoms with Gasteiger partial charge in [-0.25, -0.2) is 0 Å². The van der Waals surface area contributed by atoms with E-state index in [-0.39, 0.29) is 12.4 Å². The van der Waals surface area contributed by atoms with Crippen LogP contribution in [0.5, 0.6) is 5.75 Å². The number of aliphatic hydroxyl groups excluding tert-OH is 1. The molecule has 0 amide bonds. The number of hydrogen-bond donors (Lipinski definition) is 2. The SMILES string of the molecule is O=c1c(O)cccn1C(CO)Cc1ccc(C#Cc2ccc(CN3CCOCC3)cc2)cc1. The number of rotatable bonds is 6. The minimum Gasteiger partial charge on any atom is -0.503 e. The Morgan fingerprint density at radius 3 is 2.12 bits per heavy atom. The van der Waals surface area contributed by atoms with E-state index in [1.807, 2.05) is 24.3 Å². The fraction of sp³-hybridized carbons (Fsp3) is 0.296. The Morgan fingerprint density at radius 1 is 0.909 bits per heavy atom. The Kier molecular flexibility index (Phi) is 7.59. The minimum absolute atomic E-state index is 0.202. The van der Waals surface area contributed by atoms with Crippen molar-refractivity contribution in [3.05, 3.63) is 99.5 Å². The molecular weight excluding hydrogens is 416 g/mol. The molecule has 0 saturated carbocycles. The Bertz CT molecular complexity index is 1170. The van der Waals surface area contributed by atoms with Gasteiger partial charge in [0.2, 0.25) is 0 Å². The zero-order valence-electron chi connectivity index (χ0n) is 18.5. The number of pyridine rings is 1. The zero-order chi connectivity index (χ0) is 23.0. The lowest BCUT2D eigenvalue weighted by Crippen LogP contribution is -2.35. The number of ether oxygens (including phenoxy) is 1. The van der Waals surface area contributed by atoms with Crippen molar-refractivity contribution in [3.63, 3.8) is 0 Å². The van der Waals surface area contributed by atoms with Gasteiger partial charge in [-0.3, -0.25) is 9.69 Å². The average Bonchev–Trinajstić information content (AvgIpc) is 2.85. The maximum Gasteiger partial charge on any atom is 0.292 e. The van der Waals surface area contributed by atoms with Crippen LogP contribution in [0.15, 0.2) is 71.7 Å². The van der Waals surface area contributed by atoms with Crippen LogP contribution in [-0.4, -0.2) is 52.6 Å². The molecule has 6 heteroatoms. The molecule has 1 aliphatic heterocycles. The van der Waals surface area contributed by atoms with E-state index in [1.165, 1.54) is 16.2 Å². The van der Waals surface area contributed by atoms with Gasteiger partial charge >= 0.3 is 0 Å². The summed E-state index contributed by atoms with van der Waals surface area (Å²) >= 11 is 0. The molecule has 2 heterocycles. The monoisotopic (exact) mass is 444 g/mol. The van der Waals surface area contributed by atoms with Crippen LogP contribution in [0.3, 0.4) is 0 Å². The van der Waals surface area contributed by atoms with Crippen molar-refractivity contribution in [2.75, 3.05) is 32.9 Å². The van der Waals surface area contributed by atoms with E-state index in [0.717, 1.165) is 49.5 Å². The molecule has 4 rings (SSSR count). The first-order valence-corrected chi connectivity index (χ1v) is 11.1. The number of aliphatic hydroxyl groups is 1. The second-order valence-electron chi connectivity index (χ2n) is 8.18. The highest BCUT2D eigenvalue weighted by Gasteiger charge is 2.14. The van der Waals surface area contributed by atoms with E-state index >= 15 is 0 Å². The molecule has 0 radical (unpaired) electrons. The topological polar surface area (TPSA) is 74.9 Å². The fourth-order valence-corrected chi connectivity index (χ4v) is 3.89. The van der Waals surface area contributed by atoms with Crippen LogP contribution >= 0.6 is 0 Å². The number of aromatic hydroxyl groups is 1. The van der Waals surface area contributed by atoms with Crippen molar-refractivity contribution in [1.29, 1.82) is 0 Å². The minimum atomic E-state index is -0.505. The van der Waals surface area contributed by atoms with Crippen molar-refractivity contribution in [2.45, 2.75) is 19.0 Å². The molecule has 0 aliphatic carbocycles. The lowest BCUT2D eigenvalue weighted by molar-refractivity contribution is 0.0342. The molecule has 1 unspecified atom stereocenters. The first kappa shape index (κ1) is 22.8. The molecule has 2 aromatic carbocycles. The van der Waals surface area contributed by atoms with Gasteiger partial charge in [0.1, 0.15) is 0 Å². The van der Waals surface area contributed by atoms with Crippen LogP contribution in [0, 0.1) is 11.8 Å². The van der Waals surface area contributed by atoms with Crippen LogP contribution in [-0.2, 0) is 17.7 Å². The van der Waals surface area contributed by atoms with E-state index in [2.05, 4.69) is 41.0 Å². The summed E-state index contributed by atoms with van der Waals surface area (Å²) < 4.78 is 6.76. The number of aromatic nitrogens is 1. The molecule has 1 fully saturated rings. The third kappa shape index (κ3) is 6.11. The quantitative estimate of drug-likeness (QED) is 0.572. The summed E-state index contributed by atoms with van der Waals surface area (Å²) in [7, 11) is 0. The molecule has 2 N–H and O–H groups in total. The summed E-state index contributed by atoms with van der Waals surface area (Å²) in [6.45, 7) is 4.28. The smallest absolute Gasteiger partial charge is 0.292 e. The molecule has 6 nitrogen and oxygen atoms in total. The van der Waals surface area contributed by atoms with E-state index in [0.29, 0.717) is 6.42 Å². The zero-order valence-corrected chi connectivity index (χ0v) is 18.5. The second-order valence-corrected chi connectivity index (χ2v) is 8.18. The standard InChI is InChI=1S/C27H28N2O4/c30-20-25(29-13-1-2-26(31)27(29)32)18-23-9-5-21(6-10-23)3-4-22-7-11-24(12-8-22)19-28-14-16-33-17-15-28/h1-2,5-13,25,30-31H,14-20H2. The maximum absolute atomic E-state index is 12.1. The highest BCUT2D eigenvalue weighted by Crippen LogP contribution is 2.15. The number of morpholine rings is 1. The van der Waals surface area contributed by atoms with Gasteiger partial charge in [-0.15, -0.1) is 0 Å². The summed E-state index contributed by atoms with van der Waals surface area (Å²) in [5.41, 5.74) is 3.60. The highest BCUT2D eigenvalue weighted by molar-refractivity contribution is 5.44. The van der Waals surface area contributed by atoms with Gasteiger partial charge in [0, 0.05) is 37.0 Å². The van der Waals surface area contributed by atoms with Gasteiger partial charge < -0.3 is 19.5 Å². The van der Waals surface area contributed by atoms with Crippen molar-refractivity contribution >= 4 is 0 Å². The largest absolute Gasteiger partial charge is 0.503 e. The van der Waals surface area contributed by atoms with E-state index in [9.17, 15) is 15.0 Å². The third-order valence-electron chi connectivity index (χ3n) is 5.80. The fourth-order valence-electron chi connectivity index (χ4n) is 3.89. The average molecular weight is 445 g/mol. The molecule has 0 spiro atoms. The first-order valence-electron chi connectivity index (χ1n) is 11.1. The van der Waals surface area contributed by atoms with Gasteiger partial charge in [0.15, 0.2) is 5.75 Å². The maximum atomic E-state index is 12.1. The summed E-state index contributed by atoms with van der Waals surface area (Å²) in [5, 5.41) is 19.4. The number of hydrogen-bond acceptors (Lipinski definition) is 5. The van der Waals surface area contributed by atoms with Crippen molar-refractivity contribution in [3.8, 4) is 17.6 Å². The van der Waals surface area contributed by atoms with Crippen LogP contribution in [0.4, 0.5) is 0 Å². The summed E-state index contributed by atoms with van der Waals surface area (Å²) in [6, 6.07) is 18.6. The molecular formula is C27H28N2O4. The molecule has 33 heavy (non-hydrogen) atoms. The third-order valence-corrected chi connectivity index (χ3v) is 5.80. The lowest BCUT2D eigenvalue weighted by Gasteiger charge is -2.26. The predicted molar refractivity (Wildman–Crippen MR) is 127 cm³/mol. The summed E-state index contributed by atoms with van der Waals surface area (Å²) in [5.74, 6) is 6.07. The predicted octanol–water partition coefficient (Wildman–Crippen LogP) is 2.56. The Hall–Kier alpha value is -3.37. The van der Waals surface area contributed by atoms with Gasteiger partial charge in [-0.1, -0.05) is 36.1 Å². The Morgan fingerprint density at radius 2 is 1.52 bits per heavy atom. The molecule has 3 aromatic rings. The van der Waals surface area contributed by atoms with Crippen molar-refractivity contribution in [2.24, 2.45) is 0 Å². The van der Waals surface area contributed by atoms with Crippen molar-refractivity contribution < 1.29 is 14.9 Å². The number of nitrogens with zero attached hydrogens (tertiary/aromatic N) is 2. The molecule has 1 atom stereocenters. The van der Waals surface area contributed by atoms with Crippen LogP contribution in [0.1, 0.15) is 28.3 Å². The van der Waals surface area contributed by atoms with Gasteiger partial charge in [0.05, 0.1) is 25.9 Å². The van der Waals surface area contributed by atoms with Gasteiger partial charge in [-0.05, 0) is 53.9 Å². The normalized spacial score (nSPS) is 14.9.